The van der Waals surface area contributed by atoms with E-state index in [-0.39, 0.29) is 12.2 Å². The highest BCUT2D eigenvalue weighted by molar-refractivity contribution is 5.99. The van der Waals surface area contributed by atoms with Crippen LogP contribution < -0.4 is 0 Å². The Morgan fingerprint density at radius 3 is 2.53 bits per heavy atom. The molecule has 0 amide bonds. The summed E-state index contributed by atoms with van der Waals surface area (Å²) in [5.74, 6) is 0.0357. The maximum absolute atomic E-state index is 12.1. The van der Waals surface area contributed by atoms with Crippen LogP contribution in [-0.2, 0) is 20.5 Å². The number of rotatable bonds is 3. The molecule has 2 heterocycles. The molecule has 0 radical (unpaired) electrons. The highest BCUT2D eigenvalue weighted by atomic mass is 16.1. The van der Waals surface area contributed by atoms with Crippen LogP contribution in [0.4, 0.5) is 0 Å². The van der Waals surface area contributed by atoms with Gasteiger partial charge in [-0.1, -0.05) is 5.21 Å². The lowest BCUT2D eigenvalue weighted by Gasteiger charge is -1.99. The Balaban J connectivity index is 2.26. The number of Topliss-reactive ketones (excluding diaryl/α,β-unsaturated/α-hetero) is 1. The molecule has 90 valence electrons. The molecule has 2 aromatic rings. The SMILES string of the molecule is Cc1nn(C)c(C)c1C(=O)Cc1cn(C)nn1. The molecule has 0 N–H and O–H groups in total. The average Bonchev–Trinajstić information content (AvgIpc) is 2.73. The summed E-state index contributed by atoms with van der Waals surface area (Å²) in [7, 11) is 3.61. The Morgan fingerprint density at radius 1 is 1.35 bits per heavy atom. The quantitative estimate of drug-likeness (QED) is 0.728. The van der Waals surface area contributed by atoms with Crippen molar-refractivity contribution in [3.05, 3.63) is 28.8 Å². The van der Waals surface area contributed by atoms with Gasteiger partial charge in [0, 0.05) is 26.0 Å². The molecule has 0 unspecified atom stereocenters. The van der Waals surface area contributed by atoms with E-state index < -0.39 is 0 Å². The van der Waals surface area contributed by atoms with E-state index in [9.17, 15) is 4.79 Å². The van der Waals surface area contributed by atoms with Crippen molar-refractivity contribution in [3.63, 3.8) is 0 Å². The number of carbonyl (C=O) groups excluding carboxylic acids is 1. The number of aryl methyl sites for hydroxylation is 3. The van der Waals surface area contributed by atoms with Crippen LogP contribution in [-0.4, -0.2) is 30.6 Å². The maximum atomic E-state index is 12.1. The summed E-state index contributed by atoms with van der Waals surface area (Å²) in [5, 5.41) is 12.0. The summed E-state index contributed by atoms with van der Waals surface area (Å²) >= 11 is 0. The van der Waals surface area contributed by atoms with Gasteiger partial charge in [0.2, 0.25) is 0 Å². The van der Waals surface area contributed by atoms with Crippen molar-refractivity contribution in [2.24, 2.45) is 14.1 Å². The third kappa shape index (κ3) is 2.11. The first-order valence-electron chi connectivity index (χ1n) is 5.37. The van der Waals surface area contributed by atoms with Gasteiger partial charge in [0.1, 0.15) is 0 Å². The summed E-state index contributed by atoms with van der Waals surface area (Å²) in [4.78, 5) is 12.1. The van der Waals surface area contributed by atoms with E-state index in [1.807, 2.05) is 20.9 Å². The molecule has 17 heavy (non-hydrogen) atoms. The molecule has 6 heteroatoms. The lowest BCUT2D eigenvalue weighted by atomic mass is 10.1. The van der Waals surface area contributed by atoms with Crippen molar-refractivity contribution < 1.29 is 4.79 Å². The van der Waals surface area contributed by atoms with E-state index in [0.717, 1.165) is 11.4 Å². The van der Waals surface area contributed by atoms with Crippen molar-refractivity contribution >= 4 is 5.78 Å². The zero-order chi connectivity index (χ0) is 12.6. The van der Waals surface area contributed by atoms with Crippen molar-refractivity contribution in [1.29, 1.82) is 0 Å². The van der Waals surface area contributed by atoms with Gasteiger partial charge in [-0.15, -0.1) is 5.10 Å². The van der Waals surface area contributed by atoms with Crippen molar-refractivity contribution in [3.8, 4) is 0 Å². The number of hydrogen-bond acceptors (Lipinski definition) is 4. The van der Waals surface area contributed by atoms with E-state index in [1.165, 1.54) is 0 Å². The minimum atomic E-state index is 0.0357. The first-order valence-corrected chi connectivity index (χ1v) is 5.37. The number of nitrogens with zero attached hydrogens (tertiary/aromatic N) is 5. The van der Waals surface area contributed by atoms with Gasteiger partial charge in [-0.3, -0.25) is 14.2 Å². The van der Waals surface area contributed by atoms with Gasteiger partial charge in [-0.05, 0) is 13.8 Å². The second kappa shape index (κ2) is 4.12. The molecule has 0 aliphatic heterocycles. The standard InChI is InChI=1S/C11H15N5O/c1-7-11(8(2)16(4)13-7)10(17)5-9-6-15(3)14-12-9/h6H,5H2,1-4H3. The van der Waals surface area contributed by atoms with E-state index in [4.69, 9.17) is 0 Å². The topological polar surface area (TPSA) is 65.6 Å². The monoisotopic (exact) mass is 233 g/mol. The second-order valence-electron chi connectivity index (χ2n) is 4.15. The lowest BCUT2D eigenvalue weighted by Crippen LogP contribution is -2.07. The predicted octanol–water partition coefficient (Wildman–Crippen LogP) is 0.591. The molecule has 0 bridgehead atoms. The Morgan fingerprint density at radius 2 is 2.06 bits per heavy atom. The van der Waals surface area contributed by atoms with E-state index in [1.54, 1.807) is 22.6 Å². The molecule has 0 atom stereocenters. The molecule has 6 nitrogen and oxygen atoms in total. The fraction of sp³-hybridized carbons (Fsp3) is 0.455. The zero-order valence-corrected chi connectivity index (χ0v) is 10.4. The normalized spacial score (nSPS) is 10.8. The number of ketones is 1. The summed E-state index contributed by atoms with van der Waals surface area (Å²) in [6.07, 6.45) is 2.01. The molecule has 0 saturated heterocycles. The molecule has 0 aliphatic rings. The van der Waals surface area contributed by atoms with E-state index >= 15 is 0 Å². The Hall–Kier alpha value is -1.98. The molecular weight excluding hydrogens is 218 g/mol. The van der Waals surface area contributed by atoms with Gasteiger partial charge >= 0.3 is 0 Å². The van der Waals surface area contributed by atoms with Crippen molar-refractivity contribution in [2.75, 3.05) is 0 Å². The van der Waals surface area contributed by atoms with Gasteiger partial charge in [-0.2, -0.15) is 5.10 Å². The van der Waals surface area contributed by atoms with Crippen LogP contribution in [0.5, 0.6) is 0 Å². The van der Waals surface area contributed by atoms with Gasteiger partial charge < -0.3 is 0 Å². The van der Waals surface area contributed by atoms with Gasteiger partial charge in [0.05, 0.1) is 23.4 Å². The first-order chi connectivity index (χ1) is 7.99. The highest BCUT2D eigenvalue weighted by Crippen LogP contribution is 2.14. The van der Waals surface area contributed by atoms with E-state index in [0.29, 0.717) is 11.3 Å². The van der Waals surface area contributed by atoms with Crippen LogP contribution in [0.1, 0.15) is 27.4 Å². The van der Waals surface area contributed by atoms with Crippen LogP contribution in [0.2, 0.25) is 0 Å². The van der Waals surface area contributed by atoms with Crippen LogP contribution in [0.15, 0.2) is 6.20 Å². The first kappa shape index (κ1) is 11.5. The Kier molecular flexibility index (Phi) is 2.79. The fourth-order valence-electron chi connectivity index (χ4n) is 1.91. The molecule has 0 aromatic carbocycles. The van der Waals surface area contributed by atoms with Gasteiger partial charge in [-0.25, -0.2) is 0 Å². The van der Waals surface area contributed by atoms with Crippen LogP contribution in [0, 0.1) is 13.8 Å². The predicted molar refractivity (Wildman–Crippen MR) is 61.7 cm³/mol. The second-order valence-corrected chi connectivity index (χ2v) is 4.15. The molecule has 0 fully saturated rings. The summed E-state index contributed by atoms with van der Waals surface area (Å²) < 4.78 is 3.31. The van der Waals surface area contributed by atoms with Crippen molar-refractivity contribution in [2.45, 2.75) is 20.3 Å². The molecule has 0 spiro atoms. The van der Waals surface area contributed by atoms with Crippen molar-refractivity contribution in [1.82, 2.24) is 24.8 Å². The Bertz CT molecular complexity index is 566. The molecule has 0 saturated carbocycles. The highest BCUT2D eigenvalue weighted by Gasteiger charge is 2.18. The van der Waals surface area contributed by atoms with Gasteiger partial charge in [0.15, 0.2) is 5.78 Å². The molecule has 0 aliphatic carbocycles. The maximum Gasteiger partial charge on any atom is 0.172 e. The van der Waals surface area contributed by atoms with E-state index in [2.05, 4.69) is 15.4 Å². The minimum Gasteiger partial charge on any atom is -0.294 e. The Labute approximate surface area is 99.2 Å². The lowest BCUT2D eigenvalue weighted by molar-refractivity contribution is 0.0990. The third-order valence-corrected chi connectivity index (χ3v) is 2.78. The summed E-state index contributed by atoms with van der Waals surface area (Å²) in [6, 6.07) is 0. The van der Waals surface area contributed by atoms with Crippen LogP contribution in [0.3, 0.4) is 0 Å². The molecule has 2 rings (SSSR count). The summed E-state index contributed by atoms with van der Waals surface area (Å²) in [6.45, 7) is 3.74. The molecular formula is C11H15N5O. The fourth-order valence-corrected chi connectivity index (χ4v) is 1.91. The summed E-state index contributed by atoms with van der Waals surface area (Å²) in [5.41, 5.74) is 3.02. The molecule has 2 aromatic heterocycles. The van der Waals surface area contributed by atoms with Crippen LogP contribution >= 0.6 is 0 Å². The average molecular weight is 233 g/mol. The van der Waals surface area contributed by atoms with Crippen LogP contribution in [0.25, 0.3) is 0 Å². The zero-order valence-electron chi connectivity index (χ0n) is 10.4. The smallest absolute Gasteiger partial charge is 0.172 e. The third-order valence-electron chi connectivity index (χ3n) is 2.78. The number of hydrogen-bond donors (Lipinski definition) is 0. The minimum absolute atomic E-state index is 0.0357. The number of aromatic nitrogens is 5. The largest absolute Gasteiger partial charge is 0.294 e. The van der Waals surface area contributed by atoms with Gasteiger partial charge in [0.25, 0.3) is 0 Å². The number of carbonyl (C=O) groups is 1.